The molecule has 0 unspecified atom stereocenters. The molecule has 1 fully saturated rings. The Bertz CT molecular complexity index is 352. The average Bonchev–Trinajstić information content (AvgIpc) is 2.18. The van der Waals surface area contributed by atoms with E-state index in [1.807, 2.05) is 6.07 Å². The molecule has 4 nitrogen and oxygen atoms in total. The van der Waals surface area contributed by atoms with Crippen molar-refractivity contribution in [1.82, 2.24) is 5.32 Å². The van der Waals surface area contributed by atoms with Crippen molar-refractivity contribution < 1.29 is 9.90 Å². The molecule has 1 saturated heterocycles. The van der Waals surface area contributed by atoms with E-state index in [-0.39, 0.29) is 11.8 Å². The minimum Gasteiger partial charge on any atom is -0.508 e. The summed E-state index contributed by atoms with van der Waals surface area (Å²) in [5.41, 5.74) is 0.738. The molecular formula is C10H12N2O2. The second-order valence-electron chi connectivity index (χ2n) is 3.26. The minimum absolute atomic E-state index is 0.0955. The number of carbonyl (C=O) groups excluding carboxylic acids is 1. The van der Waals surface area contributed by atoms with Crippen LogP contribution in [-0.4, -0.2) is 24.2 Å². The molecule has 2 amide bonds. The van der Waals surface area contributed by atoms with Crippen molar-refractivity contribution in [2.75, 3.05) is 18.0 Å². The molecule has 1 aliphatic rings. The van der Waals surface area contributed by atoms with Crippen LogP contribution in [0.3, 0.4) is 0 Å². The van der Waals surface area contributed by atoms with Gasteiger partial charge in [-0.15, -0.1) is 0 Å². The number of hydrogen-bond acceptors (Lipinski definition) is 2. The zero-order valence-corrected chi connectivity index (χ0v) is 7.73. The van der Waals surface area contributed by atoms with Crippen LogP contribution >= 0.6 is 0 Å². The number of anilines is 1. The molecule has 1 aromatic carbocycles. The molecular weight excluding hydrogens is 180 g/mol. The van der Waals surface area contributed by atoms with Crippen molar-refractivity contribution in [3.63, 3.8) is 0 Å². The predicted molar refractivity (Wildman–Crippen MR) is 53.5 cm³/mol. The van der Waals surface area contributed by atoms with Crippen molar-refractivity contribution in [3.8, 4) is 5.75 Å². The van der Waals surface area contributed by atoms with E-state index in [9.17, 15) is 9.90 Å². The maximum absolute atomic E-state index is 11.4. The second-order valence-corrected chi connectivity index (χ2v) is 3.26. The smallest absolute Gasteiger partial charge is 0.321 e. The molecule has 2 N–H and O–H groups in total. The van der Waals surface area contributed by atoms with Crippen molar-refractivity contribution in [2.24, 2.45) is 0 Å². The van der Waals surface area contributed by atoms with Crippen molar-refractivity contribution in [2.45, 2.75) is 6.42 Å². The Hall–Kier alpha value is -1.71. The largest absolute Gasteiger partial charge is 0.508 e. The number of phenols is 1. The summed E-state index contributed by atoms with van der Waals surface area (Å²) in [6, 6.07) is 6.62. The molecule has 74 valence electrons. The topological polar surface area (TPSA) is 52.6 Å². The molecule has 1 aromatic rings. The number of phenolic OH excluding ortho intramolecular Hbond substituents is 1. The second kappa shape index (κ2) is 3.57. The molecule has 14 heavy (non-hydrogen) atoms. The van der Waals surface area contributed by atoms with E-state index in [0.717, 1.165) is 18.7 Å². The zero-order valence-electron chi connectivity index (χ0n) is 7.73. The highest BCUT2D eigenvalue weighted by Gasteiger charge is 2.18. The molecule has 2 rings (SSSR count). The van der Waals surface area contributed by atoms with Crippen LogP contribution in [0.15, 0.2) is 24.3 Å². The van der Waals surface area contributed by atoms with E-state index in [1.165, 1.54) is 0 Å². The Morgan fingerprint density at radius 2 is 2.29 bits per heavy atom. The zero-order chi connectivity index (χ0) is 9.97. The molecule has 1 heterocycles. The number of urea groups is 1. The highest BCUT2D eigenvalue weighted by Crippen LogP contribution is 2.21. The first-order valence-corrected chi connectivity index (χ1v) is 4.62. The number of rotatable bonds is 1. The number of benzene rings is 1. The van der Waals surface area contributed by atoms with Crippen molar-refractivity contribution in [3.05, 3.63) is 24.3 Å². The van der Waals surface area contributed by atoms with Crippen LogP contribution in [0.1, 0.15) is 6.42 Å². The number of nitrogens with one attached hydrogen (secondary N) is 1. The summed E-state index contributed by atoms with van der Waals surface area (Å²) in [6.07, 6.45) is 0.932. The van der Waals surface area contributed by atoms with Crippen LogP contribution in [0.4, 0.5) is 10.5 Å². The fourth-order valence-corrected chi connectivity index (χ4v) is 1.54. The lowest BCUT2D eigenvalue weighted by molar-refractivity contribution is 0.243. The first-order chi connectivity index (χ1) is 6.77. The number of carbonyl (C=O) groups is 1. The van der Waals surface area contributed by atoms with Crippen molar-refractivity contribution >= 4 is 11.7 Å². The van der Waals surface area contributed by atoms with Gasteiger partial charge < -0.3 is 10.4 Å². The summed E-state index contributed by atoms with van der Waals surface area (Å²) in [5, 5.41) is 12.0. The molecule has 0 spiro atoms. The number of aromatic hydroxyl groups is 1. The first kappa shape index (κ1) is 8.87. The van der Waals surface area contributed by atoms with Crippen LogP contribution in [0, 0.1) is 0 Å². The van der Waals surface area contributed by atoms with Gasteiger partial charge in [0.15, 0.2) is 0 Å². The lowest BCUT2D eigenvalue weighted by Crippen LogP contribution is -2.46. The molecule has 4 heteroatoms. The third-order valence-corrected chi connectivity index (χ3v) is 2.22. The fourth-order valence-electron chi connectivity index (χ4n) is 1.54. The Morgan fingerprint density at radius 3 is 3.00 bits per heavy atom. The SMILES string of the molecule is O=C1NCCCN1c1cccc(O)c1. The molecule has 0 bridgehead atoms. The molecule has 0 saturated carbocycles. The van der Waals surface area contributed by atoms with Gasteiger partial charge in [-0.1, -0.05) is 6.07 Å². The third-order valence-electron chi connectivity index (χ3n) is 2.22. The Balaban J connectivity index is 2.24. The van der Waals surface area contributed by atoms with E-state index in [2.05, 4.69) is 5.32 Å². The van der Waals surface area contributed by atoms with E-state index >= 15 is 0 Å². The number of amides is 2. The highest BCUT2D eigenvalue weighted by atomic mass is 16.3. The Labute approximate surface area is 82.2 Å². The van der Waals surface area contributed by atoms with Crippen LogP contribution in [-0.2, 0) is 0 Å². The van der Waals surface area contributed by atoms with Gasteiger partial charge in [0.25, 0.3) is 0 Å². The van der Waals surface area contributed by atoms with Gasteiger partial charge in [0.05, 0.1) is 0 Å². The quantitative estimate of drug-likeness (QED) is 0.704. The first-order valence-electron chi connectivity index (χ1n) is 4.62. The maximum atomic E-state index is 11.4. The number of nitrogens with zero attached hydrogens (tertiary/aromatic N) is 1. The normalized spacial score (nSPS) is 16.6. The highest BCUT2D eigenvalue weighted by molar-refractivity contribution is 5.92. The summed E-state index contributed by atoms with van der Waals surface area (Å²) in [5.74, 6) is 0.181. The molecule has 0 aromatic heterocycles. The molecule has 0 radical (unpaired) electrons. The predicted octanol–water partition coefficient (Wildman–Crippen LogP) is 1.31. The lowest BCUT2D eigenvalue weighted by Gasteiger charge is -2.27. The van der Waals surface area contributed by atoms with Gasteiger partial charge in [0.1, 0.15) is 5.75 Å². The lowest BCUT2D eigenvalue weighted by atomic mass is 10.2. The minimum atomic E-state index is -0.0955. The molecule has 0 aliphatic carbocycles. The van der Waals surface area contributed by atoms with Gasteiger partial charge >= 0.3 is 6.03 Å². The van der Waals surface area contributed by atoms with Crippen LogP contribution in [0.25, 0.3) is 0 Å². The Kier molecular flexibility index (Phi) is 2.26. The summed E-state index contributed by atoms with van der Waals surface area (Å²) in [6.45, 7) is 1.43. The van der Waals surface area contributed by atoms with Crippen molar-refractivity contribution in [1.29, 1.82) is 0 Å². The van der Waals surface area contributed by atoms with Gasteiger partial charge in [-0.25, -0.2) is 4.79 Å². The third kappa shape index (κ3) is 1.64. The van der Waals surface area contributed by atoms with Gasteiger partial charge in [0.2, 0.25) is 0 Å². The van der Waals surface area contributed by atoms with Gasteiger partial charge in [-0.3, -0.25) is 4.90 Å². The van der Waals surface area contributed by atoms with Gasteiger partial charge in [-0.2, -0.15) is 0 Å². The maximum Gasteiger partial charge on any atom is 0.321 e. The van der Waals surface area contributed by atoms with E-state index in [4.69, 9.17) is 0 Å². The summed E-state index contributed by atoms with van der Waals surface area (Å²) in [7, 11) is 0. The summed E-state index contributed by atoms with van der Waals surface area (Å²) < 4.78 is 0. The van der Waals surface area contributed by atoms with Gasteiger partial charge in [0, 0.05) is 24.8 Å². The van der Waals surface area contributed by atoms with E-state index in [0.29, 0.717) is 6.54 Å². The van der Waals surface area contributed by atoms with Crippen LogP contribution in [0.2, 0.25) is 0 Å². The summed E-state index contributed by atoms with van der Waals surface area (Å²) in [4.78, 5) is 13.1. The number of hydrogen-bond donors (Lipinski definition) is 2. The van der Waals surface area contributed by atoms with Crippen LogP contribution < -0.4 is 10.2 Å². The van der Waals surface area contributed by atoms with E-state index in [1.54, 1.807) is 23.1 Å². The standard InChI is InChI=1S/C10H12N2O2/c13-9-4-1-3-8(7-9)12-6-2-5-11-10(12)14/h1,3-4,7,13H,2,5-6H2,(H,11,14). The van der Waals surface area contributed by atoms with Crippen LogP contribution in [0.5, 0.6) is 5.75 Å². The van der Waals surface area contributed by atoms with Gasteiger partial charge in [-0.05, 0) is 18.6 Å². The fraction of sp³-hybridized carbons (Fsp3) is 0.300. The average molecular weight is 192 g/mol. The molecule has 1 aliphatic heterocycles. The molecule has 0 atom stereocenters. The summed E-state index contributed by atoms with van der Waals surface area (Å²) >= 11 is 0. The van der Waals surface area contributed by atoms with E-state index < -0.39 is 0 Å². The Morgan fingerprint density at radius 1 is 1.43 bits per heavy atom. The monoisotopic (exact) mass is 192 g/mol.